The third-order valence-electron chi connectivity index (χ3n) is 7.65. The second-order valence-electron chi connectivity index (χ2n) is 9.95. The van der Waals surface area contributed by atoms with Crippen molar-refractivity contribution in [3.8, 4) is 6.07 Å². The summed E-state index contributed by atoms with van der Waals surface area (Å²) in [4.78, 5) is 29.3. The monoisotopic (exact) mass is 492 g/mol. The molecule has 7 nitrogen and oxygen atoms in total. The molecule has 1 aromatic carbocycles. The first-order chi connectivity index (χ1) is 16.7. The average molecular weight is 493 g/mol. The molecule has 2 saturated heterocycles. The Labute approximate surface area is 203 Å². The highest BCUT2D eigenvalue weighted by Crippen LogP contribution is 2.47. The van der Waals surface area contributed by atoms with Crippen molar-refractivity contribution in [1.82, 2.24) is 10.2 Å². The number of halogens is 3. The summed E-state index contributed by atoms with van der Waals surface area (Å²) in [5.74, 6) is 0.0689. The minimum atomic E-state index is -4.65. The molecular weight excluding hydrogens is 461 g/mol. The quantitative estimate of drug-likeness (QED) is 0.632. The molecule has 35 heavy (non-hydrogen) atoms. The van der Waals surface area contributed by atoms with Gasteiger partial charge in [-0.25, -0.2) is 0 Å². The number of alkyl halides is 3. The molecule has 0 radical (unpaired) electrons. The van der Waals surface area contributed by atoms with Crippen LogP contribution in [0.1, 0.15) is 43.2 Å². The Bertz CT molecular complexity index is 995. The molecule has 2 aliphatic heterocycles. The lowest BCUT2D eigenvalue weighted by molar-refractivity contribution is -0.138. The van der Waals surface area contributed by atoms with Crippen molar-refractivity contribution in [1.29, 1.82) is 5.26 Å². The number of rotatable bonds is 7. The normalized spacial score (nSPS) is 21.7. The van der Waals surface area contributed by atoms with Gasteiger partial charge in [0.25, 0.3) is 0 Å². The third-order valence-corrected chi connectivity index (χ3v) is 7.65. The maximum atomic E-state index is 13.6. The summed E-state index contributed by atoms with van der Waals surface area (Å²) < 4.78 is 45.7. The van der Waals surface area contributed by atoms with Gasteiger partial charge in [0.1, 0.15) is 0 Å². The van der Waals surface area contributed by atoms with E-state index in [1.165, 1.54) is 12.1 Å². The van der Waals surface area contributed by atoms with Gasteiger partial charge in [-0.05, 0) is 49.8 Å². The van der Waals surface area contributed by atoms with E-state index in [4.69, 9.17) is 10.00 Å². The molecule has 3 aliphatic rings. The Morgan fingerprint density at radius 3 is 2.57 bits per heavy atom. The molecule has 1 N–H and O–H groups in total. The number of likely N-dealkylation sites (tertiary alicyclic amines) is 1. The molecular formula is C25H31F3N4O3. The van der Waals surface area contributed by atoms with Gasteiger partial charge in [-0.15, -0.1) is 0 Å². The molecule has 1 spiro atoms. The SMILES string of the molecule is COCCC(=O)N1CCC2(CC1)CN(c1ccc(C#N)c(C(F)(F)F)c1)CC2C(=O)NCC1CC1. The number of anilines is 1. The second kappa shape index (κ2) is 10.1. The van der Waals surface area contributed by atoms with E-state index in [2.05, 4.69) is 5.32 Å². The maximum Gasteiger partial charge on any atom is 0.417 e. The first kappa shape index (κ1) is 25.3. The van der Waals surface area contributed by atoms with Crippen LogP contribution < -0.4 is 10.2 Å². The van der Waals surface area contributed by atoms with E-state index in [0.717, 1.165) is 18.9 Å². The smallest absolute Gasteiger partial charge is 0.384 e. The standard InChI is InChI=1S/C25H31F3N4O3/c1-35-11-6-22(33)31-9-7-24(8-10-31)16-32(15-21(24)23(34)30-14-17-2-3-17)19-5-4-18(13-29)20(12-19)25(26,27)28/h4-5,12,17,21H,2-3,6-11,14-16H2,1H3,(H,30,34). The van der Waals surface area contributed by atoms with Crippen molar-refractivity contribution < 1.29 is 27.5 Å². The fraction of sp³-hybridized carbons (Fsp3) is 0.640. The van der Waals surface area contributed by atoms with Crippen LogP contribution in [0.25, 0.3) is 0 Å². The highest BCUT2D eigenvalue weighted by molar-refractivity contribution is 5.82. The number of benzene rings is 1. The van der Waals surface area contributed by atoms with Crippen molar-refractivity contribution in [2.45, 2.75) is 38.3 Å². The molecule has 1 aliphatic carbocycles. The number of hydrogen-bond donors (Lipinski definition) is 1. The number of methoxy groups -OCH3 is 1. The lowest BCUT2D eigenvalue weighted by Gasteiger charge is -2.42. The van der Waals surface area contributed by atoms with Crippen LogP contribution in [0.15, 0.2) is 18.2 Å². The van der Waals surface area contributed by atoms with Crippen molar-refractivity contribution in [3.05, 3.63) is 29.3 Å². The van der Waals surface area contributed by atoms with Crippen LogP contribution in [0.5, 0.6) is 0 Å². The third kappa shape index (κ3) is 5.56. The Morgan fingerprint density at radius 2 is 1.97 bits per heavy atom. The Hall–Kier alpha value is -2.80. The number of amides is 2. The van der Waals surface area contributed by atoms with Crippen LogP contribution in [-0.4, -0.2) is 63.2 Å². The molecule has 1 unspecified atom stereocenters. The highest BCUT2D eigenvalue weighted by Gasteiger charge is 2.52. The van der Waals surface area contributed by atoms with Gasteiger partial charge in [0.2, 0.25) is 11.8 Å². The minimum Gasteiger partial charge on any atom is -0.384 e. The van der Waals surface area contributed by atoms with Crippen LogP contribution >= 0.6 is 0 Å². The van der Waals surface area contributed by atoms with Gasteiger partial charge in [0, 0.05) is 50.9 Å². The van der Waals surface area contributed by atoms with E-state index in [-0.39, 0.29) is 17.7 Å². The summed E-state index contributed by atoms with van der Waals surface area (Å²) in [6, 6.07) is 5.35. The topological polar surface area (TPSA) is 85.7 Å². The minimum absolute atomic E-state index is 0.00759. The summed E-state index contributed by atoms with van der Waals surface area (Å²) in [5, 5.41) is 12.2. The van der Waals surface area contributed by atoms with Crippen LogP contribution in [-0.2, 0) is 20.5 Å². The molecule has 2 heterocycles. The number of carbonyl (C=O) groups excluding carboxylic acids is 2. The second-order valence-corrected chi connectivity index (χ2v) is 9.95. The highest BCUT2D eigenvalue weighted by atomic mass is 19.4. The zero-order chi connectivity index (χ0) is 25.2. The molecule has 0 aromatic heterocycles. The number of nitrogens with one attached hydrogen (secondary N) is 1. The molecule has 1 saturated carbocycles. The summed E-state index contributed by atoms with van der Waals surface area (Å²) in [7, 11) is 1.55. The number of ether oxygens (including phenoxy) is 1. The largest absolute Gasteiger partial charge is 0.417 e. The summed E-state index contributed by atoms with van der Waals surface area (Å²) in [5.41, 5.74) is -1.46. The van der Waals surface area contributed by atoms with Crippen molar-refractivity contribution in [2.75, 3.05) is 51.3 Å². The molecule has 2 amide bonds. The molecule has 1 atom stereocenters. The van der Waals surface area contributed by atoms with E-state index in [9.17, 15) is 22.8 Å². The van der Waals surface area contributed by atoms with E-state index in [1.54, 1.807) is 18.1 Å². The zero-order valence-electron chi connectivity index (χ0n) is 19.9. The maximum absolute atomic E-state index is 13.6. The van der Waals surface area contributed by atoms with Crippen molar-refractivity contribution in [3.63, 3.8) is 0 Å². The van der Waals surface area contributed by atoms with Crippen molar-refractivity contribution >= 4 is 17.5 Å². The van der Waals surface area contributed by atoms with Gasteiger partial charge in [-0.1, -0.05) is 0 Å². The van der Waals surface area contributed by atoms with E-state index in [0.29, 0.717) is 70.2 Å². The lowest BCUT2D eigenvalue weighted by Crippen LogP contribution is -2.50. The first-order valence-electron chi connectivity index (χ1n) is 12.1. The van der Waals surface area contributed by atoms with Crippen LogP contribution in [0.4, 0.5) is 18.9 Å². The van der Waals surface area contributed by atoms with Crippen molar-refractivity contribution in [2.24, 2.45) is 17.3 Å². The van der Waals surface area contributed by atoms with Gasteiger partial charge in [0.15, 0.2) is 0 Å². The van der Waals surface area contributed by atoms with Gasteiger partial charge >= 0.3 is 6.18 Å². The molecule has 190 valence electrons. The van der Waals surface area contributed by atoms with Gasteiger partial charge in [-0.2, -0.15) is 18.4 Å². The number of hydrogen-bond acceptors (Lipinski definition) is 5. The van der Waals surface area contributed by atoms with Gasteiger partial charge < -0.3 is 19.9 Å². The predicted molar refractivity (Wildman–Crippen MR) is 122 cm³/mol. The molecule has 3 fully saturated rings. The number of nitriles is 1. The Morgan fingerprint density at radius 1 is 1.26 bits per heavy atom. The fourth-order valence-electron chi connectivity index (χ4n) is 5.33. The summed E-state index contributed by atoms with van der Waals surface area (Å²) in [6.07, 6.45) is -0.934. The van der Waals surface area contributed by atoms with Crippen LogP contribution in [0.3, 0.4) is 0 Å². The lowest BCUT2D eigenvalue weighted by atomic mass is 9.70. The van der Waals surface area contributed by atoms with E-state index >= 15 is 0 Å². The van der Waals surface area contributed by atoms with Crippen LogP contribution in [0, 0.1) is 28.6 Å². The van der Waals surface area contributed by atoms with Crippen LogP contribution in [0.2, 0.25) is 0 Å². The Kier molecular flexibility index (Phi) is 7.27. The van der Waals surface area contributed by atoms with E-state index < -0.39 is 22.7 Å². The fourth-order valence-corrected chi connectivity index (χ4v) is 5.33. The van der Waals surface area contributed by atoms with E-state index in [1.807, 2.05) is 4.90 Å². The predicted octanol–water partition coefficient (Wildman–Crippen LogP) is 3.18. The summed E-state index contributed by atoms with van der Waals surface area (Å²) in [6.45, 7) is 2.71. The number of piperidine rings is 1. The van der Waals surface area contributed by atoms with Gasteiger partial charge in [0.05, 0.1) is 36.1 Å². The number of nitrogens with zero attached hydrogens (tertiary/aromatic N) is 3. The molecule has 4 rings (SSSR count). The molecule has 1 aromatic rings. The molecule has 0 bridgehead atoms. The number of carbonyl (C=O) groups is 2. The molecule has 10 heteroatoms. The van der Waals surface area contributed by atoms with Gasteiger partial charge in [-0.3, -0.25) is 9.59 Å². The zero-order valence-corrected chi connectivity index (χ0v) is 19.9. The average Bonchev–Trinajstić information content (AvgIpc) is 3.61. The Balaban J connectivity index is 1.55. The first-order valence-corrected chi connectivity index (χ1v) is 12.1. The summed E-state index contributed by atoms with van der Waals surface area (Å²) >= 11 is 0.